The monoisotopic (exact) mass is 171 g/mol. The molecule has 0 aliphatic carbocycles. The first-order chi connectivity index (χ1) is 5.83. The smallest absolute Gasteiger partial charge is 0.0451 e. The highest BCUT2D eigenvalue weighted by Crippen LogP contribution is 2.13. The maximum absolute atomic E-state index is 3.39. The van der Waals surface area contributed by atoms with Crippen LogP contribution in [0.5, 0.6) is 0 Å². The highest BCUT2D eigenvalue weighted by atomic mass is 15.1. The molecule has 0 aromatic carbocycles. The van der Waals surface area contributed by atoms with E-state index in [1.807, 2.05) is 7.05 Å². The van der Waals surface area contributed by atoms with E-state index >= 15 is 0 Å². The quantitative estimate of drug-likeness (QED) is 0.464. The van der Waals surface area contributed by atoms with Gasteiger partial charge in [-0.1, -0.05) is 0 Å². The van der Waals surface area contributed by atoms with E-state index in [2.05, 4.69) is 22.6 Å². The molecule has 0 saturated carbocycles. The molecule has 0 bridgehead atoms. The van der Waals surface area contributed by atoms with Crippen LogP contribution in [0.1, 0.15) is 12.8 Å². The van der Waals surface area contributed by atoms with E-state index in [4.69, 9.17) is 0 Å². The molecule has 1 fully saturated rings. The van der Waals surface area contributed by atoms with E-state index in [1.54, 1.807) is 0 Å². The van der Waals surface area contributed by atoms with Crippen LogP contribution in [0.4, 0.5) is 0 Å². The maximum Gasteiger partial charge on any atom is 0.0451 e. The standard InChI is InChI=1S/C9H21N3/c1-10-8-11-6-9-4-3-5-12(2)7-9/h9-11H,3-8H2,1-2H3. The number of rotatable bonds is 4. The lowest BCUT2D eigenvalue weighted by Crippen LogP contribution is -2.39. The van der Waals surface area contributed by atoms with Crippen molar-refractivity contribution in [2.75, 3.05) is 40.4 Å². The van der Waals surface area contributed by atoms with Crippen LogP contribution < -0.4 is 10.6 Å². The van der Waals surface area contributed by atoms with Gasteiger partial charge in [0.05, 0.1) is 0 Å². The molecule has 1 saturated heterocycles. The van der Waals surface area contributed by atoms with Crippen molar-refractivity contribution < 1.29 is 0 Å². The summed E-state index contributed by atoms with van der Waals surface area (Å²) in [6.45, 7) is 4.63. The van der Waals surface area contributed by atoms with Gasteiger partial charge < -0.3 is 15.5 Å². The first kappa shape index (κ1) is 9.96. The molecule has 12 heavy (non-hydrogen) atoms. The molecule has 1 heterocycles. The molecule has 1 aliphatic heterocycles. The minimum absolute atomic E-state index is 0.858. The molecule has 0 aromatic heterocycles. The van der Waals surface area contributed by atoms with Crippen LogP contribution in [-0.2, 0) is 0 Å². The van der Waals surface area contributed by atoms with Crippen molar-refractivity contribution in [3.8, 4) is 0 Å². The summed E-state index contributed by atoms with van der Waals surface area (Å²) in [4.78, 5) is 2.43. The molecule has 0 radical (unpaired) electrons. The first-order valence-electron chi connectivity index (χ1n) is 4.87. The molecular formula is C9H21N3. The Labute approximate surface area is 75.5 Å². The number of likely N-dealkylation sites (tertiary alicyclic amines) is 1. The van der Waals surface area contributed by atoms with Gasteiger partial charge in [0.2, 0.25) is 0 Å². The Morgan fingerprint density at radius 1 is 1.50 bits per heavy atom. The van der Waals surface area contributed by atoms with Gasteiger partial charge in [0.25, 0.3) is 0 Å². The van der Waals surface area contributed by atoms with E-state index in [-0.39, 0.29) is 0 Å². The molecule has 72 valence electrons. The lowest BCUT2D eigenvalue weighted by Gasteiger charge is -2.29. The van der Waals surface area contributed by atoms with Crippen molar-refractivity contribution in [2.24, 2.45) is 5.92 Å². The second kappa shape index (κ2) is 5.51. The van der Waals surface area contributed by atoms with Crippen LogP contribution in [0.15, 0.2) is 0 Å². The number of hydrogen-bond donors (Lipinski definition) is 2. The van der Waals surface area contributed by atoms with Crippen LogP contribution >= 0.6 is 0 Å². The molecule has 0 aromatic rings. The Kier molecular flexibility index (Phi) is 4.58. The third-order valence-electron chi connectivity index (χ3n) is 2.46. The van der Waals surface area contributed by atoms with Gasteiger partial charge in [0, 0.05) is 19.8 Å². The predicted octanol–water partition coefficient (Wildman–Crippen LogP) is 0.0947. The minimum Gasteiger partial charge on any atom is -0.308 e. The summed E-state index contributed by atoms with van der Waals surface area (Å²) in [5.74, 6) is 0.858. The Hall–Kier alpha value is -0.120. The molecule has 1 aliphatic rings. The average molecular weight is 171 g/mol. The molecule has 1 unspecified atom stereocenters. The van der Waals surface area contributed by atoms with Crippen molar-refractivity contribution in [3.05, 3.63) is 0 Å². The fourth-order valence-electron chi connectivity index (χ4n) is 1.84. The van der Waals surface area contributed by atoms with Gasteiger partial charge in [0.15, 0.2) is 0 Å². The summed E-state index contributed by atoms with van der Waals surface area (Å²) in [5.41, 5.74) is 0. The fraction of sp³-hybridized carbons (Fsp3) is 1.00. The summed E-state index contributed by atoms with van der Waals surface area (Å²) in [6, 6.07) is 0. The SMILES string of the molecule is CNCNCC1CCCN(C)C1. The van der Waals surface area contributed by atoms with Crippen molar-refractivity contribution in [3.63, 3.8) is 0 Å². The van der Waals surface area contributed by atoms with Crippen LogP contribution in [0.25, 0.3) is 0 Å². The largest absolute Gasteiger partial charge is 0.308 e. The number of nitrogens with zero attached hydrogens (tertiary/aromatic N) is 1. The topological polar surface area (TPSA) is 27.3 Å². The zero-order valence-corrected chi connectivity index (χ0v) is 8.27. The van der Waals surface area contributed by atoms with Crippen LogP contribution in [0.2, 0.25) is 0 Å². The minimum atomic E-state index is 0.858. The second-order valence-electron chi connectivity index (χ2n) is 3.75. The number of piperidine rings is 1. The summed E-state index contributed by atoms with van der Waals surface area (Å²) in [5, 5.41) is 6.48. The zero-order chi connectivity index (χ0) is 8.81. The average Bonchev–Trinajstić information content (AvgIpc) is 2.05. The summed E-state index contributed by atoms with van der Waals surface area (Å²) in [7, 11) is 4.18. The van der Waals surface area contributed by atoms with Crippen LogP contribution in [0, 0.1) is 5.92 Å². The Morgan fingerprint density at radius 2 is 2.33 bits per heavy atom. The van der Waals surface area contributed by atoms with Gasteiger partial charge >= 0.3 is 0 Å². The summed E-state index contributed by atoms with van der Waals surface area (Å²) in [6.07, 6.45) is 2.75. The summed E-state index contributed by atoms with van der Waals surface area (Å²) >= 11 is 0. The van der Waals surface area contributed by atoms with Crippen LogP contribution in [0.3, 0.4) is 0 Å². The third-order valence-corrected chi connectivity index (χ3v) is 2.46. The molecule has 1 rings (SSSR count). The molecule has 3 heteroatoms. The number of nitrogens with one attached hydrogen (secondary N) is 2. The van der Waals surface area contributed by atoms with E-state index in [0.29, 0.717) is 0 Å². The molecule has 0 spiro atoms. The van der Waals surface area contributed by atoms with Crippen molar-refractivity contribution in [1.29, 1.82) is 0 Å². The Balaban J connectivity index is 2.06. The normalized spacial score (nSPS) is 26.0. The van der Waals surface area contributed by atoms with E-state index < -0.39 is 0 Å². The van der Waals surface area contributed by atoms with E-state index in [9.17, 15) is 0 Å². The van der Waals surface area contributed by atoms with Crippen molar-refractivity contribution in [2.45, 2.75) is 12.8 Å². The van der Waals surface area contributed by atoms with Gasteiger partial charge in [-0.15, -0.1) is 0 Å². The number of hydrogen-bond acceptors (Lipinski definition) is 3. The van der Waals surface area contributed by atoms with E-state index in [0.717, 1.165) is 19.1 Å². The summed E-state index contributed by atoms with van der Waals surface area (Å²) < 4.78 is 0. The molecule has 2 N–H and O–H groups in total. The first-order valence-corrected chi connectivity index (χ1v) is 4.87. The maximum atomic E-state index is 3.39. The Bertz CT molecular complexity index is 116. The van der Waals surface area contributed by atoms with Gasteiger partial charge in [0.1, 0.15) is 0 Å². The predicted molar refractivity (Wildman–Crippen MR) is 52.2 cm³/mol. The lowest BCUT2D eigenvalue weighted by atomic mass is 9.99. The zero-order valence-electron chi connectivity index (χ0n) is 8.27. The fourth-order valence-corrected chi connectivity index (χ4v) is 1.84. The van der Waals surface area contributed by atoms with Crippen molar-refractivity contribution >= 4 is 0 Å². The molecule has 0 amide bonds. The van der Waals surface area contributed by atoms with E-state index in [1.165, 1.54) is 25.9 Å². The third kappa shape index (κ3) is 3.52. The highest BCUT2D eigenvalue weighted by Gasteiger charge is 2.15. The molecule has 3 nitrogen and oxygen atoms in total. The van der Waals surface area contributed by atoms with Gasteiger partial charge in [-0.3, -0.25) is 0 Å². The lowest BCUT2D eigenvalue weighted by molar-refractivity contribution is 0.206. The van der Waals surface area contributed by atoms with Gasteiger partial charge in [-0.05, 0) is 39.4 Å². The van der Waals surface area contributed by atoms with Crippen LogP contribution in [-0.4, -0.2) is 45.3 Å². The second-order valence-corrected chi connectivity index (χ2v) is 3.75. The van der Waals surface area contributed by atoms with Gasteiger partial charge in [-0.25, -0.2) is 0 Å². The Morgan fingerprint density at radius 3 is 3.00 bits per heavy atom. The van der Waals surface area contributed by atoms with Gasteiger partial charge in [-0.2, -0.15) is 0 Å². The highest BCUT2D eigenvalue weighted by molar-refractivity contribution is 4.71. The van der Waals surface area contributed by atoms with Crippen molar-refractivity contribution in [1.82, 2.24) is 15.5 Å². The molecular weight excluding hydrogens is 150 g/mol. The molecule has 1 atom stereocenters.